The van der Waals surface area contributed by atoms with Crippen LogP contribution in [0.5, 0.6) is 5.75 Å². The Hall–Kier alpha value is -2.30. The van der Waals surface area contributed by atoms with Crippen molar-refractivity contribution in [2.75, 3.05) is 20.2 Å². The molecule has 0 saturated heterocycles. The quantitative estimate of drug-likeness (QED) is 0.846. The van der Waals surface area contributed by atoms with Gasteiger partial charge in [-0.05, 0) is 43.5 Å². The van der Waals surface area contributed by atoms with E-state index < -0.39 is 0 Å². The van der Waals surface area contributed by atoms with Crippen LogP contribution in [0, 0.1) is 12.8 Å². The van der Waals surface area contributed by atoms with E-state index in [1.165, 1.54) is 0 Å². The Balaban J connectivity index is 1.90. The standard InChI is InChI=1S/C19H25N3O2/c1-13(2)9-10-21-11-12-22-17(14(3)20-18(22)19(21)23)15-5-7-16(24-4)8-6-15/h5-8,13H,9-12H2,1-4H3. The van der Waals surface area contributed by atoms with E-state index in [4.69, 9.17) is 4.74 Å². The number of aryl methyl sites for hydroxylation is 1. The summed E-state index contributed by atoms with van der Waals surface area (Å²) in [4.78, 5) is 19.2. The molecule has 0 saturated carbocycles. The van der Waals surface area contributed by atoms with Crippen molar-refractivity contribution in [1.29, 1.82) is 0 Å². The Morgan fingerprint density at radius 2 is 1.92 bits per heavy atom. The van der Waals surface area contributed by atoms with Crippen molar-refractivity contribution in [2.45, 2.75) is 33.7 Å². The SMILES string of the molecule is COc1ccc(-c2c(C)nc3n2CCN(CCC(C)C)C3=O)cc1. The van der Waals surface area contributed by atoms with E-state index in [1.807, 2.05) is 36.1 Å². The lowest BCUT2D eigenvalue weighted by Crippen LogP contribution is -2.41. The Bertz CT molecular complexity index is 732. The molecule has 128 valence electrons. The lowest BCUT2D eigenvalue weighted by Gasteiger charge is -2.29. The fourth-order valence-corrected chi connectivity index (χ4v) is 3.16. The van der Waals surface area contributed by atoms with Gasteiger partial charge >= 0.3 is 0 Å². The van der Waals surface area contributed by atoms with E-state index in [0.717, 1.165) is 48.8 Å². The van der Waals surface area contributed by atoms with Crippen LogP contribution in [0.15, 0.2) is 24.3 Å². The molecular formula is C19H25N3O2. The number of aromatic nitrogens is 2. The molecule has 0 fully saturated rings. The van der Waals surface area contributed by atoms with Gasteiger partial charge in [0.1, 0.15) is 5.75 Å². The molecule has 3 rings (SSSR count). The van der Waals surface area contributed by atoms with E-state index in [1.54, 1.807) is 7.11 Å². The molecule has 24 heavy (non-hydrogen) atoms. The molecule has 5 heteroatoms. The van der Waals surface area contributed by atoms with Crippen LogP contribution in [-0.2, 0) is 6.54 Å². The number of methoxy groups -OCH3 is 1. The van der Waals surface area contributed by atoms with Gasteiger partial charge in [0.05, 0.1) is 18.5 Å². The van der Waals surface area contributed by atoms with Gasteiger partial charge in [0.2, 0.25) is 0 Å². The predicted molar refractivity (Wildman–Crippen MR) is 94.3 cm³/mol. The zero-order valence-corrected chi connectivity index (χ0v) is 14.9. The molecule has 1 aliphatic rings. The molecule has 2 heterocycles. The number of nitrogens with zero attached hydrogens (tertiary/aromatic N) is 3. The maximum atomic E-state index is 12.7. The summed E-state index contributed by atoms with van der Waals surface area (Å²) in [7, 11) is 1.66. The summed E-state index contributed by atoms with van der Waals surface area (Å²) in [5.74, 6) is 2.03. The molecule has 2 aromatic rings. The predicted octanol–water partition coefficient (Wildman–Crippen LogP) is 3.37. The highest BCUT2D eigenvalue weighted by Crippen LogP contribution is 2.29. The van der Waals surface area contributed by atoms with Crippen LogP contribution in [0.4, 0.5) is 0 Å². The summed E-state index contributed by atoms with van der Waals surface area (Å²) in [6, 6.07) is 7.92. The van der Waals surface area contributed by atoms with E-state index in [-0.39, 0.29) is 5.91 Å². The number of amides is 1. The zero-order chi connectivity index (χ0) is 17.3. The van der Waals surface area contributed by atoms with Crippen LogP contribution in [0.2, 0.25) is 0 Å². The molecule has 1 aliphatic heterocycles. The lowest BCUT2D eigenvalue weighted by atomic mass is 10.1. The number of ether oxygens (including phenoxy) is 1. The van der Waals surface area contributed by atoms with E-state index in [2.05, 4.69) is 23.4 Å². The minimum absolute atomic E-state index is 0.0461. The smallest absolute Gasteiger partial charge is 0.289 e. The Morgan fingerprint density at radius 1 is 1.21 bits per heavy atom. The van der Waals surface area contributed by atoms with Gasteiger partial charge in [-0.25, -0.2) is 4.98 Å². The van der Waals surface area contributed by atoms with Crippen LogP contribution in [-0.4, -0.2) is 40.6 Å². The normalized spacial score (nSPS) is 14.2. The highest BCUT2D eigenvalue weighted by Gasteiger charge is 2.29. The zero-order valence-electron chi connectivity index (χ0n) is 14.9. The third kappa shape index (κ3) is 3.03. The summed E-state index contributed by atoms with van der Waals surface area (Å²) in [6.07, 6.45) is 1.02. The van der Waals surface area contributed by atoms with Crippen molar-refractivity contribution in [3.63, 3.8) is 0 Å². The lowest BCUT2D eigenvalue weighted by molar-refractivity contribution is 0.0689. The second kappa shape index (κ2) is 6.67. The Labute approximate surface area is 143 Å². The van der Waals surface area contributed by atoms with Crippen LogP contribution in [0.3, 0.4) is 0 Å². The number of benzene rings is 1. The fourth-order valence-electron chi connectivity index (χ4n) is 3.16. The van der Waals surface area contributed by atoms with Gasteiger partial charge in [-0.2, -0.15) is 0 Å². The molecule has 0 aliphatic carbocycles. The maximum absolute atomic E-state index is 12.7. The van der Waals surface area contributed by atoms with Crippen molar-refractivity contribution in [1.82, 2.24) is 14.5 Å². The van der Waals surface area contributed by atoms with Crippen molar-refractivity contribution < 1.29 is 9.53 Å². The first-order valence-corrected chi connectivity index (χ1v) is 8.52. The summed E-state index contributed by atoms with van der Waals surface area (Å²) in [5.41, 5.74) is 2.99. The number of carbonyl (C=O) groups excluding carboxylic acids is 1. The number of rotatable bonds is 5. The minimum atomic E-state index is 0.0461. The Kier molecular flexibility index (Phi) is 4.60. The summed E-state index contributed by atoms with van der Waals surface area (Å²) < 4.78 is 7.28. The van der Waals surface area contributed by atoms with Crippen LogP contribution >= 0.6 is 0 Å². The molecular weight excluding hydrogens is 302 g/mol. The van der Waals surface area contributed by atoms with Gasteiger partial charge in [-0.15, -0.1) is 0 Å². The molecule has 1 aromatic heterocycles. The summed E-state index contributed by atoms with van der Waals surface area (Å²) in [5, 5.41) is 0. The van der Waals surface area contributed by atoms with Gasteiger partial charge in [-0.1, -0.05) is 13.8 Å². The van der Waals surface area contributed by atoms with Crippen molar-refractivity contribution in [2.24, 2.45) is 5.92 Å². The second-order valence-electron chi connectivity index (χ2n) is 6.72. The van der Waals surface area contributed by atoms with Crippen molar-refractivity contribution in [3.8, 4) is 17.0 Å². The van der Waals surface area contributed by atoms with Gasteiger partial charge in [0, 0.05) is 25.2 Å². The monoisotopic (exact) mass is 327 g/mol. The number of carbonyl (C=O) groups is 1. The molecule has 1 aromatic carbocycles. The number of hydrogen-bond acceptors (Lipinski definition) is 3. The van der Waals surface area contributed by atoms with Crippen LogP contribution < -0.4 is 4.74 Å². The van der Waals surface area contributed by atoms with Gasteiger partial charge in [0.25, 0.3) is 5.91 Å². The van der Waals surface area contributed by atoms with Gasteiger partial charge in [0.15, 0.2) is 5.82 Å². The summed E-state index contributed by atoms with van der Waals surface area (Å²) in [6.45, 7) is 8.68. The van der Waals surface area contributed by atoms with Gasteiger partial charge in [-0.3, -0.25) is 4.79 Å². The first kappa shape index (κ1) is 16.6. The molecule has 0 spiro atoms. The van der Waals surface area contributed by atoms with E-state index in [9.17, 15) is 4.79 Å². The topological polar surface area (TPSA) is 47.4 Å². The number of fused-ring (bicyclic) bond motifs is 1. The molecule has 0 bridgehead atoms. The summed E-state index contributed by atoms with van der Waals surface area (Å²) >= 11 is 0. The molecule has 5 nitrogen and oxygen atoms in total. The highest BCUT2D eigenvalue weighted by atomic mass is 16.5. The minimum Gasteiger partial charge on any atom is -0.497 e. The second-order valence-corrected chi connectivity index (χ2v) is 6.72. The molecule has 0 unspecified atom stereocenters. The van der Waals surface area contributed by atoms with Crippen LogP contribution in [0.1, 0.15) is 36.6 Å². The van der Waals surface area contributed by atoms with Crippen molar-refractivity contribution >= 4 is 5.91 Å². The fraction of sp³-hybridized carbons (Fsp3) is 0.474. The first-order valence-electron chi connectivity index (χ1n) is 8.52. The first-order chi connectivity index (χ1) is 11.5. The maximum Gasteiger partial charge on any atom is 0.289 e. The molecule has 0 atom stereocenters. The highest BCUT2D eigenvalue weighted by molar-refractivity contribution is 5.93. The number of imidazole rings is 1. The van der Waals surface area contributed by atoms with Crippen molar-refractivity contribution in [3.05, 3.63) is 35.8 Å². The number of hydrogen-bond donors (Lipinski definition) is 0. The van der Waals surface area contributed by atoms with E-state index in [0.29, 0.717) is 11.7 Å². The molecule has 0 N–H and O–H groups in total. The molecule has 1 amide bonds. The third-order valence-electron chi connectivity index (χ3n) is 4.55. The van der Waals surface area contributed by atoms with Gasteiger partial charge < -0.3 is 14.2 Å². The van der Waals surface area contributed by atoms with E-state index >= 15 is 0 Å². The third-order valence-corrected chi connectivity index (χ3v) is 4.55. The average Bonchev–Trinajstić information content (AvgIpc) is 2.91. The average molecular weight is 327 g/mol. The molecule has 0 radical (unpaired) electrons. The Morgan fingerprint density at radius 3 is 2.54 bits per heavy atom. The van der Waals surface area contributed by atoms with Crippen LogP contribution in [0.25, 0.3) is 11.3 Å². The largest absolute Gasteiger partial charge is 0.497 e.